The Hall–Kier alpha value is -0.630. The lowest BCUT2D eigenvalue weighted by Crippen LogP contribution is -2.37. The van der Waals surface area contributed by atoms with Crippen molar-refractivity contribution in [3.8, 4) is 0 Å². The maximum atomic E-state index is 4.71. The fourth-order valence-corrected chi connectivity index (χ4v) is 3.55. The van der Waals surface area contributed by atoms with Crippen LogP contribution >= 0.6 is 35.3 Å². The smallest absolute Gasteiger partial charge is 0.191 e. The van der Waals surface area contributed by atoms with Crippen molar-refractivity contribution in [1.29, 1.82) is 0 Å². The Morgan fingerprint density at radius 1 is 1.29 bits per heavy atom. The summed E-state index contributed by atoms with van der Waals surface area (Å²) >= 11 is 1.71. The summed E-state index contributed by atoms with van der Waals surface area (Å²) in [5, 5.41) is 10.0. The molecule has 0 fully saturated rings. The van der Waals surface area contributed by atoms with Gasteiger partial charge in [-0.05, 0) is 32.1 Å². The molecule has 1 heterocycles. The van der Waals surface area contributed by atoms with Crippen molar-refractivity contribution in [1.82, 2.24) is 15.6 Å². The van der Waals surface area contributed by atoms with E-state index in [1.807, 2.05) is 7.05 Å². The predicted octanol–water partition coefficient (Wildman–Crippen LogP) is 4.61. The molecule has 0 aliphatic heterocycles. The minimum Gasteiger partial charge on any atom is -0.356 e. The van der Waals surface area contributed by atoms with Crippen molar-refractivity contribution in [2.75, 3.05) is 13.6 Å². The van der Waals surface area contributed by atoms with Crippen LogP contribution in [0.4, 0.5) is 0 Å². The molecule has 2 N–H and O–H groups in total. The molecule has 0 unspecified atom stereocenters. The van der Waals surface area contributed by atoms with Gasteiger partial charge < -0.3 is 10.6 Å². The average Bonchev–Trinajstić information content (AvgIpc) is 3.01. The molecule has 136 valence electrons. The molecule has 0 saturated carbocycles. The molecular formula is C18H31IN4S. The first-order valence-electron chi connectivity index (χ1n) is 8.56. The number of hydrogen-bond acceptors (Lipinski definition) is 3. The molecular weight excluding hydrogens is 431 g/mol. The third-order valence-electron chi connectivity index (χ3n) is 4.07. The molecule has 1 aliphatic carbocycles. The van der Waals surface area contributed by atoms with Gasteiger partial charge in [0.05, 0.1) is 12.2 Å². The fraction of sp³-hybridized carbons (Fsp3) is 0.667. The second-order valence-electron chi connectivity index (χ2n) is 7.09. The lowest BCUT2D eigenvalue weighted by molar-refractivity contribution is 0.570. The topological polar surface area (TPSA) is 49.3 Å². The molecule has 0 bridgehead atoms. The van der Waals surface area contributed by atoms with E-state index < -0.39 is 0 Å². The standard InChI is InChI=1S/C18H30N4S.HI/c1-18(2,3)15-13-23-16(22-15)12-21-17(19-4)20-11-10-14-8-6-5-7-9-14;/h8,13H,5-7,9-12H2,1-4H3,(H2,19,20,21);1H. The van der Waals surface area contributed by atoms with Gasteiger partial charge in [0.1, 0.15) is 5.01 Å². The van der Waals surface area contributed by atoms with E-state index in [0.29, 0.717) is 0 Å². The predicted molar refractivity (Wildman–Crippen MR) is 116 cm³/mol. The zero-order valence-corrected chi connectivity index (χ0v) is 18.5. The number of thiazole rings is 1. The monoisotopic (exact) mass is 462 g/mol. The average molecular weight is 462 g/mol. The first kappa shape index (κ1) is 21.4. The molecule has 0 saturated heterocycles. The van der Waals surface area contributed by atoms with Gasteiger partial charge in [0.25, 0.3) is 0 Å². The van der Waals surface area contributed by atoms with E-state index in [0.717, 1.165) is 36.2 Å². The highest BCUT2D eigenvalue weighted by Gasteiger charge is 2.17. The lowest BCUT2D eigenvalue weighted by Gasteiger charge is -2.15. The van der Waals surface area contributed by atoms with Crippen LogP contribution in [0.15, 0.2) is 22.0 Å². The van der Waals surface area contributed by atoms with E-state index in [4.69, 9.17) is 4.98 Å². The molecule has 0 atom stereocenters. The number of allylic oxidation sites excluding steroid dienone is 1. The third kappa shape index (κ3) is 7.09. The first-order valence-corrected chi connectivity index (χ1v) is 9.44. The number of hydrogen-bond donors (Lipinski definition) is 2. The number of nitrogens with one attached hydrogen (secondary N) is 2. The van der Waals surface area contributed by atoms with Gasteiger partial charge in [-0.3, -0.25) is 4.99 Å². The van der Waals surface area contributed by atoms with E-state index >= 15 is 0 Å². The van der Waals surface area contributed by atoms with Crippen molar-refractivity contribution < 1.29 is 0 Å². The number of rotatable bonds is 5. The summed E-state index contributed by atoms with van der Waals surface area (Å²) in [5.74, 6) is 0.855. The second kappa shape index (κ2) is 10.4. The van der Waals surface area contributed by atoms with Crippen LogP contribution in [0.25, 0.3) is 0 Å². The van der Waals surface area contributed by atoms with Crippen molar-refractivity contribution in [3.05, 3.63) is 27.7 Å². The molecule has 6 heteroatoms. The van der Waals surface area contributed by atoms with E-state index in [2.05, 4.69) is 47.9 Å². The Bertz CT molecular complexity index is 558. The van der Waals surface area contributed by atoms with Crippen LogP contribution in [0, 0.1) is 0 Å². The van der Waals surface area contributed by atoms with Gasteiger partial charge >= 0.3 is 0 Å². The Balaban J connectivity index is 0.00000288. The SMILES string of the molecule is CN=C(NCCC1=CCCCC1)NCc1nc(C(C)(C)C)cs1.I. The van der Waals surface area contributed by atoms with Crippen LogP contribution < -0.4 is 10.6 Å². The summed E-state index contributed by atoms with van der Waals surface area (Å²) in [6, 6.07) is 0. The summed E-state index contributed by atoms with van der Waals surface area (Å²) in [6.45, 7) is 8.25. The van der Waals surface area contributed by atoms with Crippen molar-refractivity contribution in [2.24, 2.45) is 4.99 Å². The second-order valence-corrected chi connectivity index (χ2v) is 8.03. The quantitative estimate of drug-likeness (QED) is 0.291. The number of nitrogens with zero attached hydrogens (tertiary/aromatic N) is 2. The molecule has 0 spiro atoms. The molecule has 0 radical (unpaired) electrons. The molecule has 1 aliphatic rings. The van der Waals surface area contributed by atoms with Crippen LogP contribution in [0.1, 0.15) is 63.6 Å². The normalized spacial score (nSPS) is 15.5. The number of aromatic nitrogens is 1. The van der Waals surface area contributed by atoms with Crippen molar-refractivity contribution in [3.63, 3.8) is 0 Å². The van der Waals surface area contributed by atoms with Crippen molar-refractivity contribution >= 4 is 41.3 Å². The molecule has 4 nitrogen and oxygen atoms in total. The number of halogens is 1. The molecule has 1 aromatic rings. The van der Waals surface area contributed by atoms with Gasteiger partial charge in [0.2, 0.25) is 0 Å². The first-order chi connectivity index (χ1) is 11.0. The summed E-state index contributed by atoms with van der Waals surface area (Å²) in [7, 11) is 1.82. The molecule has 0 amide bonds. The maximum absolute atomic E-state index is 4.71. The minimum atomic E-state index is 0. The number of guanidine groups is 1. The van der Waals surface area contributed by atoms with Crippen LogP contribution in [0.3, 0.4) is 0 Å². The number of aliphatic imine (C=N–C) groups is 1. The van der Waals surface area contributed by atoms with Gasteiger partial charge in [0, 0.05) is 24.4 Å². The summed E-state index contributed by atoms with van der Waals surface area (Å²) in [6.07, 6.45) is 8.74. The Labute approximate surface area is 167 Å². The zero-order valence-electron chi connectivity index (χ0n) is 15.3. The molecule has 0 aromatic carbocycles. The molecule has 2 rings (SSSR count). The molecule has 24 heavy (non-hydrogen) atoms. The van der Waals surface area contributed by atoms with Gasteiger partial charge in [-0.1, -0.05) is 32.4 Å². The summed E-state index contributed by atoms with van der Waals surface area (Å²) in [5.41, 5.74) is 2.86. The van der Waals surface area contributed by atoms with Crippen LogP contribution in [0.5, 0.6) is 0 Å². The Morgan fingerprint density at radius 3 is 2.67 bits per heavy atom. The largest absolute Gasteiger partial charge is 0.356 e. The highest BCUT2D eigenvalue weighted by Crippen LogP contribution is 2.23. The fourth-order valence-electron chi connectivity index (χ4n) is 2.59. The Kier molecular flexibility index (Phi) is 9.26. The Morgan fingerprint density at radius 2 is 2.08 bits per heavy atom. The minimum absolute atomic E-state index is 0. The van der Waals surface area contributed by atoms with E-state index in [-0.39, 0.29) is 29.4 Å². The highest BCUT2D eigenvalue weighted by atomic mass is 127. The lowest BCUT2D eigenvalue weighted by atomic mass is 9.93. The third-order valence-corrected chi connectivity index (χ3v) is 4.92. The summed E-state index contributed by atoms with van der Waals surface area (Å²) in [4.78, 5) is 9.00. The summed E-state index contributed by atoms with van der Waals surface area (Å²) < 4.78 is 0. The van der Waals surface area contributed by atoms with Crippen LogP contribution in [0.2, 0.25) is 0 Å². The van der Waals surface area contributed by atoms with E-state index in [1.54, 1.807) is 16.9 Å². The van der Waals surface area contributed by atoms with Gasteiger partial charge in [0.15, 0.2) is 5.96 Å². The van der Waals surface area contributed by atoms with Gasteiger partial charge in [-0.25, -0.2) is 4.98 Å². The van der Waals surface area contributed by atoms with E-state index in [1.165, 1.54) is 25.7 Å². The van der Waals surface area contributed by atoms with Crippen LogP contribution in [-0.4, -0.2) is 24.5 Å². The van der Waals surface area contributed by atoms with Crippen LogP contribution in [-0.2, 0) is 12.0 Å². The zero-order chi connectivity index (χ0) is 16.7. The van der Waals surface area contributed by atoms with Gasteiger partial charge in [-0.15, -0.1) is 35.3 Å². The van der Waals surface area contributed by atoms with E-state index in [9.17, 15) is 0 Å². The maximum Gasteiger partial charge on any atom is 0.191 e. The molecule has 1 aromatic heterocycles. The van der Waals surface area contributed by atoms with Crippen molar-refractivity contribution in [2.45, 2.75) is 64.8 Å². The van der Waals surface area contributed by atoms with Gasteiger partial charge in [-0.2, -0.15) is 0 Å². The highest BCUT2D eigenvalue weighted by molar-refractivity contribution is 14.0.